The molecule has 1 aliphatic rings. The highest BCUT2D eigenvalue weighted by molar-refractivity contribution is 5.91. The number of rotatable bonds is 16. The van der Waals surface area contributed by atoms with Crippen LogP contribution in [0.5, 0.6) is 17.2 Å². The summed E-state index contributed by atoms with van der Waals surface area (Å²) in [6.45, 7) is 4.46. The summed E-state index contributed by atoms with van der Waals surface area (Å²) >= 11 is 0. The van der Waals surface area contributed by atoms with Crippen molar-refractivity contribution in [2.24, 2.45) is 0 Å². The van der Waals surface area contributed by atoms with Crippen LogP contribution in [0.3, 0.4) is 0 Å². The third-order valence-corrected chi connectivity index (χ3v) is 6.16. The minimum atomic E-state index is -1.32. The van der Waals surface area contributed by atoms with Crippen LogP contribution in [0, 0.1) is 11.6 Å². The van der Waals surface area contributed by atoms with Crippen LogP contribution in [0.4, 0.5) is 8.78 Å². The van der Waals surface area contributed by atoms with Gasteiger partial charge in [-0.15, -0.1) is 0 Å². The summed E-state index contributed by atoms with van der Waals surface area (Å²) in [5.74, 6) is -3.97. The number of ether oxygens (including phenoxy) is 4. The summed E-state index contributed by atoms with van der Waals surface area (Å²) in [5, 5.41) is 0. The Labute approximate surface area is 217 Å². The lowest BCUT2D eigenvalue weighted by molar-refractivity contribution is -0.135. The van der Waals surface area contributed by atoms with Gasteiger partial charge in [0.25, 0.3) is 0 Å². The molecule has 0 amide bonds. The van der Waals surface area contributed by atoms with E-state index in [-0.39, 0.29) is 30.0 Å². The first-order chi connectivity index (χ1) is 17.9. The molecule has 1 aliphatic heterocycles. The van der Waals surface area contributed by atoms with Gasteiger partial charge in [0, 0.05) is 0 Å². The average Bonchev–Trinajstić information content (AvgIpc) is 3.66. The topological polar surface area (TPSA) is 74.4 Å². The van der Waals surface area contributed by atoms with E-state index < -0.39 is 35.2 Å². The van der Waals surface area contributed by atoms with Crippen molar-refractivity contribution in [3.8, 4) is 17.2 Å². The van der Waals surface area contributed by atoms with Crippen molar-refractivity contribution in [3.05, 3.63) is 53.6 Å². The van der Waals surface area contributed by atoms with Crippen LogP contribution in [-0.4, -0.2) is 30.8 Å². The van der Waals surface area contributed by atoms with Crippen LogP contribution < -0.4 is 14.2 Å². The molecule has 6 nitrogen and oxygen atoms in total. The molecule has 0 bridgehead atoms. The van der Waals surface area contributed by atoms with Crippen LogP contribution in [0.1, 0.15) is 88.4 Å². The molecule has 0 aliphatic carbocycles. The van der Waals surface area contributed by atoms with Gasteiger partial charge in [-0.3, -0.25) is 0 Å². The quantitative estimate of drug-likeness (QED) is 0.101. The molecule has 2 atom stereocenters. The maximum atomic E-state index is 14.5. The summed E-state index contributed by atoms with van der Waals surface area (Å²) in [4.78, 5) is 24.5. The largest absolute Gasteiger partial charge is 0.490 e. The highest BCUT2D eigenvalue weighted by Gasteiger charge is 2.45. The van der Waals surface area contributed by atoms with E-state index in [2.05, 4.69) is 6.92 Å². The van der Waals surface area contributed by atoms with Crippen LogP contribution in [-0.2, 0) is 9.53 Å². The van der Waals surface area contributed by atoms with Gasteiger partial charge in [-0.1, -0.05) is 65.2 Å². The van der Waals surface area contributed by atoms with Crippen LogP contribution in [0.25, 0.3) is 0 Å². The smallest absolute Gasteiger partial charge is 0.346 e. The molecule has 8 heteroatoms. The predicted octanol–water partition coefficient (Wildman–Crippen LogP) is 7.18. The molecule has 0 aromatic heterocycles. The van der Waals surface area contributed by atoms with Crippen molar-refractivity contribution >= 4 is 11.9 Å². The van der Waals surface area contributed by atoms with Gasteiger partial charge in [0.1, 0.15) is 11.5 Å². The molecule has 1 heterocycles. The number of benzene rings is 2. The third kappa shape index (κ3) is 8.81. The van der Waals surface area contributed by atoms with Gasteiger partial charge < -0.3 is 18.9 Å². The lowest BCUT2D eigenvalue weighted by Crippen LogP contribution is -2.17. The zero-order valence-electron chi connectivity index (χ0n) is 21.6. The number of hydrogen-bond donors (Lipinski definition) is 0. The van der Waals surface area contributed by atoms with Gasteiger partial charge in [-0.2, -0.15) is 4.39 Å². The number of hydrogen-bond acceptors (Lipinski definition) is 6. The fourth-order valence-corrected chi connectivity index (χ4v) is 3.99. The maximum absolute atomic E-state index is 14.5. The molecular formula is C29H36F2O6. The Hall–Kier alpha value is -3.00. The molecule has 37 heavy (non-hydrogen) atoms. The highest BCUT2D eigenvalue weighted by atomic mass is 19.2. The van der Waals surface area contributed by atoms with Crippen LogP contribution >= 0.6 is 0 Å². The SMILES string of the molecule is CCCCCCCCCCOc1ccc(C(=O)Oc2ccc(OC(=O)[C@@H]3O[C@@H]3CCC)cc2)c(F)c1F. The molecular weight excluding hydrogens is 482 g/mol. The summed E-state index contributed by atoms with van der Waals surface area (Å²) in [7, 11) is 0. The molecule has 0 saturated carbocycles. The zero-order chi connectivity index (χ0) is 26.6. The molecule has 1 saturated heterocycles. The number of epoxide rings is 1. The van der Waals surface area contributed by atoms with Gasteiger partial charge in [0.15, 0.2) is 17.7 Å². The number of halogens is 2. The monoisotopic (exact) mass is 518 g/mol. The maximum Gasteiger partial charge on any atom is 0.346 e. The molecule has 2 aromatic rings. The van der Waals surface area contributed by atoms with E-state index >= 15 is 0 Å². The number of esters is 2. The van der Waals surface area contributed by atoms with E-state index in [1.165, 1.54) is 62.4 Å². The van der Waals surface area contributed by atoms with Gasteiger partial charge in [-0.05, 0) is 49.2 Å². The molecule has 2 aromatic carbocycles. The van der Waals surface area contributed by atoms with Gasteiger partial charge in [0.2, 0.25) is 5.82 Å². The van der Waals surface area contributed by atoms with Gasteiger partial charge in [-0.25, -0.2) is 14.0 Å². The number of unbranched alkanes of at least 4 members (excludes halogenated alkanes) is 7. The van der Waals surface area contributed by atoms with Crippen molar-refractivity contribution < 1.29 is 37.3 Å². The van der Waals surface area contributed by atoms with E-state index in [9.17, 15) is 18.4 Å². The lowest BCUT2D eigenvalue weighted by atomic mass is 10.1. The lowest BCUT2D eigenvalue weighted by Gasteiger charge is -2.10. The molecule has 202 valence electrons. The van der Waals surface area contributed by atoms with Crippen molar-refractivity contribution in [2.45, 2.75) is 90.3 Å². The van der Waals surface area contributed by atoms with E-state index in [0.29, 0.717) is 0 Å². The Morgan fingerprint density at radius 3 is 2.05 bits per heavy atom. The molecule has 0 radical (unpaired) electrons. The minimum absolute atomic E-state index is 0.0890. The summed E-state index contributed by atoms with van der Waals surface area (Å²) in [6.07, 6.45) is 9.97. The molecule has 0 N–H and O–H groups in total. The first kappa shape index (κ1) is 28.6. The van der Waals surface area contributed by atoms with Gasteiger partial charge >= 0.3 is 11.9 Å². The highest BCUT2D eigenvalue weighted by Crippen LogP contribution is 2.29. The van der Waals surface area contributed by atoms with Crippen LogP contribution in [0.2, 0.25) is 0 Å². The second-order valence-corrected chi connectivity index (χ2v) is 9.23. The van der Waals surface area contributed by atoms with E-state index in [1.807, 2.05) is 6.92 Å². The average molecular weight is 519 g/mol. The molecule has 0 unspecified atom stereocenters. The standard InChI is InChI=1S/C29H36F2O6/c1-3-5-6-7-8-9-10-11-19-34-23-18-17-22(25(30)26(23)31)28(32)35-20-13-15-21(16-14-20)36-29(33)27-24(37-27)12-4-2/h13-18,24,27H,3-12,19H2,1-2H3/t24-,27-/m1/s1. The summed E-state index contributed by atoms with van der Waals surface area (Å²) in [6, 6.07) is 8.05. The fourth-order valence-electron chi connectivity index (χ4n) is 3.99. The zero-order valence-corrected chi connectivity index (χ0v) is 21.6. The van der Waals surface area contributed by atoms with E-state index in [1.54, 1.807) is 0 Å². The third-order valence-electron chi connectivity index (χ3n) is 6.16. The van der Waals surface area contributed by atoms with Crippen molar-refractivity contribution in [1.29, 1.82) is 0 Å². The van der Waals surface area contributed by atoms with Gasteiger partial charge in [0.05, 0.1) is 18.3 Å². The Morgan fingerprint density at radius 2 is 1.41 bits per heavy atom. The van der Waals surface area contributed by atoms with Crippen LogP contribution in [0.15, 0.2) is 36.4 Å². The first-order valence-electron chi connectivity index (χ1n) is 13.2. The normalized spacial score (nSPS) is 16.3. The summed E-state index contributed by atoms with van der Waals surface area (Å²) in [5.41, 5.74) is -0.541. The number of carbonyl (C=O) groups excluding carboxylic acids is 2. The predicted molar refractivity (Wildman–Crippen MR) is 135 cm³/mol. The fraction of sp³-hybridized carbons (Fsp3) is 0.517. The number of carbonyl (C=O) groups is 2. The molecule has 1 fully saturated rings. The second kappa shape index (κ2) is 14.7. The molecule has 0 spiro atoms. The van der Waals surface area contributed by atoms with E-state index in [4.69, 9.17) is 18.9 Å². The molecule has 3 rings (SSSR count). The Kier molecular flexibility index (Phi) is 11.3. The first-order valence-corrected chi connectivity index (χ1v) is 13.2. The minimum Gasteiger partial charge on any atom is -0.490 e. The van der Waals surface area contributed by atoms with Crippen molar-refractivity contribution in [2.75, 3.05) is 6.61 Å². The Bertz CT molecular complexity index is 1020. The van der Waals surface area contributed by atoms with Crippen molar-refractivity contribution in [3.63, 3.8) is 0 Å². The summed E-state index contributed by atoms with van der Waals surface area (Å²) < 4.78 is 50.1. The Morgan fingerprint density at radius 1 is 0.784 bits per heavy atom. The second-order valence-electron chi connectivity index (χ2n) is 9.23. The Balaban J connectivity index is 1.44. The van der Waals surface area contributed by atoms with E-state index in [0.717, 1.165) is 38.2 Å². The van der Waals surface area contributed by atoms with Crippen molar-refractivity contribution in [1.82, 2.24) is 0 Å².